The summed E-state index contributed by atoms with van der Waals surface area (Å²) in [5.41, 5.74) is 15.1. The van der Waals surface area contributed by atoms with Crippen LogP contribution in [0.15, 0.2) is 66.7 Å². The van der Waals surface area contributed by atoms with Gasteiger partial charge in [0.15, 0.2) is 5.65 Å². The number of methoxy groups -OCH3 is 1. The van der Waals surface area contributed by atoms with Crippen molar-refractivity contribution >= 4 is 23.2 Å². The zero-order chi connectivity index (χ0) is 22.5. The number of hydrogen-bond donors (Lipinski definition) is 4. The van der Waals surface area contributed by atoms with Crippen molar-refractivity contribution in [3.05, 3.63) is 72.3 Å². The van der Waals surface area contributed by atoms with E-state index in [2.05, 4.69) is 20.7 Å². The summed E-state index contributed by atoms with van der Waals surface area (Å²) in [6, 6.07) is 20.4. The molecule has 1 amide bonds. The Morgan fingerprint density at radius 3 is 2.41 bits per heavy atom. The fraction of sp³-hybridized carbons (Fsp3) is 0.174. The van der Waals surface area contributed by atoms with Gasteiger partial charge in [-0.15, -0.1) is 5.10 Å². The largest absolute Gasteiger partial charge is 0.497 e. The van der Waals surface area contributed by atoms with E-state index in [1.54, 1.807) is 35.9 Å². The van der Waals surface area contributed by atoms with Gasteiger partial charge in [-0.3, -0.25) is 4.79 Å². The number of rotatable bonds is 8. The van der Waals surface area contributed by atoms with E-state index >= 15 is 0 Å². The molecule has 2 aromatic carbocycles. The lowest BCUT2D eigenvalue weighted by atomic mass is 10.1. The summed E-state index contributed by atoms with van der Waals surface area (Å²) in [7, 11) is 1.64. The summed E-state index contributed by atoms with van der Waals surface area (Å²) in [6.45, 7) is 0.583. The molecule has 0 spiro atoms. The van der Waals surface area contributed by atoms with E-state index < -0.39 is 0 Å². The van der Waals surface area contributed by atoms with Crippen molar-refractivity contribution in [2.24, 2.45) is 11.5 Å². The number of ether oxygens (including phenoxy) is 1. The van der Waals surface area contributed by atoms with Crippen LogP contribution in [-0.4, -0.2) is 46.7 Å². The van der Waals surface area contributed by atoms with Crippen molar-refractivity contribution in [1.29, 1.82) is 0 Å². The minimum absolute atomic E-state index is 0.215. The number of nitrogens with zero attached hydrogens (tertiary/aromatic N) is 3. The maximum atomic E-state index is 12.3. The van der Waals surface area contributed by atoms with Crippen molar-refractivity contribution in [2.75, 3.05) is 25.5 Å². The molecule has 0 fully saturated rings. The van der Waals surface area contributed by atoms with Crippen molar-refractivity contribution in [3.63, 3.8) is 0 Å². The zero-order valence-corrected chi connectivity index (χ0v) is 17.7. The molecule has 0 atom stereocenters. The Hall–Kier alpha value is -3.95. The first-order valence-corrected chi connectivity index (χ1v) is 10.2. The maximum Gasteiger partial charge on any atom is 0.251 e. The third-order valence-electron chi connectivity index (χ3n) is 5.05. The Kier molecular flexibility index (Phi) is 6.29. The molecule has 0 saturated heterocycles. The quantitative estimate of drug-likeness (QED) is 0.336. The van der Waals surface area contributed by atoms with Crippen LogP contribution < -0.4 is 26.8 Å². The van der Waals surface area contributed by atoms with E-state index in [0.29, 0.717) is 30.2 Å². The van der Waals surface area contributed by atoms with Gasteiger partial charge < -0.3 is 26.8 Å². The van der Waals surface area contributed by atoms with E-state index in [1.165, 1.54) is 0 Å². The third kappa shape index (κ3) is 4.53. The second-order valence-corrected chi connectivity index (χ2v) is 7.19. The molecule has 0 aliphatic rings. The minimum Gasteiger partial charge on any atom is -0.497 e. The number of amides is 1. The van der Waals surface area contributed by atoms with Gasteiger partial charge in [-0.25, -0.2) is 4.52 Å². The van der Waals surface area contributed by atoms with Crippen LogP contribution in [0.25, 0.3) is 16.9 Å². The number of aromatic nitrogens is 3. The molecule has 4 rings (SSSR count). The zero-order valence-electron chi connectivity index (χ0n) is 17.7. The number of carbonyl (C=O) groups is 1. The lowest BCUT2D eigenvalue weighted by molar-refractivity contribution is 0.0939. The van der Waals surface area contributed by atoms with Crippen LogP contribution >= 0.6 is 0 Å². The molecule has 0 radical (unpaired) electrons. The van der Waals surface area contributed by atoms with Crippen LogP contribution in [0.5, 0.6) is 5.75 Å². The number of pyridine rings is 1. The highest BCUT2D eigenvalue weighted by atomic mass is 16.5. The topological polar surface area (TPSA) is 133 Å². The summed E-state index contributed by atoms with van der Waals surface area (Å²) >= 11 is 0. The van der Waals surface area contributed by atoms with Crippen LogP contribution in [0.1, 0.15) is 10.4 Å². The highest BCUT2D eigenvalue weighted by molar-refractivity contribution is 5.94. The fourth-order valence-electron chi connectivity index (χ4n) is 3.26. The van der Waals surface area contributed by atoms with Crippen LogP contribution in [-0.2, 0) is 0 Å². The van der Waals surface area contributed by atoms with Gasteiger partial charge in [-0.2, -0.15) is 4.98 Å². The minimum atomic E-state index is -0.248. The molecule has 9 heteroatoms. The first-order valence-electron chi connectivity index (χ1n) is 10.2. The molecule has 0 bridgehead atoms. The summed E-state index contributed by atoms with van der Waals surface area (Å²) in [6.07, 6.45) is 0. The highest BCUT2D eigenvalue weighted by Crippen LogP contribution is 2.24. The van der Waals surface area contributed by atoms with Gasteiger partial charge in [-0.1, -0.05) is 6.07 Å². The number of nitrogens with two attached hydrogens (primary N) is 2. The lowest BCUT2D eigenvalue weighted by Crippen LogP contribution is -2.45. The Balaban J connectivity index is 1.53. The average molecular weight is 432 g/mol. The molecule has 0 aliphatic carbocycles. The monoisotopic (exact) mass is 431 g/mol. The molecular weight excluding hydrogens is 406 g/mol. The van der Waals surface area contributed by atoms with E-state index in [4.69, 9.17) is 16.2 Å². The molecule has 4 aromatic rings. The van der Waals surface area contributed by atoms with Crippen molar-refractivity contribution < 1.29 is 9.53 Å². The summed E-state index contributed by atoms with van der Waals surface area (Å²) in [5, 5.41) is 10.6. The summed E-state index contributed by atoms with van der Waals surface area (Å²) < 4.78 is 7.02. The maximum absolute atomic E-state index is 12.3. The third-order valence-corrected chi connectivity index (χ3v) is 5.05. The number of hydrogen-bond acceptors (Lipinski definition) is 7. The standard InChI is InChI=1S/C23H25N7O2/c1-32-19-11-7-15(8-12-19)20-3-2-4-21-28-23(29-30(20)21)27-17-9-5-16(6-10-17)22(31)26-18(13-24)14-25/h2-12,18H,13-14,24-25H2,1H3,(H,26,31)(H,27,29). The van der Waals surface area contributed by atoms with Crippen molar-refractivity contribution in [3.8, 4) is 17.0 Å². The number of anilines is 2. The van der Waals surface area contributed by atoms with Crippen LogP contribution in [0.3, 0.4) is 0 Å². The smallest absolute Gasteiger partial charge is 0.251 e. The molecule has 0 saturated carbocycles. The Bertz CT molecular complexity index is 1200. The molecular formula is C23H25N7O2. The molecule has 9 nitrogen and oxygen atoms in total. The summed E-state index contributed by atoms with van der Waals surface area (Å²) in [4.78, 5) is 16.8. The van der Waals surface area contributed by atoms with Gasteiger partial charge >= 0.3 is 0 Å². The average Bonchev–Trinajstić information content (AvgIpc) is 3.25. The van der Waals surface area contributed by atoms with E-state index in [1.807, 2.05) is 42.5 Å². The number of benzene rings is 2. The second-order valence-electron chi connectivity index (χ2n) is 7.19. The molecule has 2 heterocycles. The van der Waals surface area contributed by atoms with Crippen molar-refractivity contribution in [2.45, 2.75) is 6.04 Å². The van der Waals surface area contributed by atoms with E-state index in [9.17, 15) is 4.79 Å². The first-order chi connectivity index (χ1) is 15.6. The molecule has 0 unspecified atom stereocenters. The van der Waals surface area contributed by atoms with Crippen LogP contribution in [0, 0.1) is 0 Å². The van der Waals surface area contributed by atoms with Gasteiger partial charge in [0.05, 0.1) is 18.8 Å². The Morgan fingerprint density at radius 1 is 1.03 bits per heavy atom. The normalized spacial score (nSPS) is 11.0. The SMILES string of the molecule is COc1ccc(-c2cccc3nc(Nc4ccc(C(=O)NC(CN)CN)cc4)nn23)cc1. The fourth-order valence-corrected chi connectivity index (χ4v) is 3.26. The summed E-state index contributed by atoms with van der Waals surface area (Å²) in [5.74, 6) is 1.03. The predicted molar refractivity (Wildman–Crippen MR) is 124 cm³/mol. The van der Waals surface area contributed by atoms with Crippen molar-refractivity contribution in [1.82, 2.24) is 19.9 Å². The second kappa shape index (κ2) is 9.46. The van der Waals surface area contributed by atoms with Gasteiger partial charge in [0, 0.05) is 29.9 Å². The number of nitrogens with one attached hydrogen (secondary N) is 2. The molecule has 164 valence electrons. The van der Waals surface area contributed by atoms with Gasteiger partial charge in [-0.05, 0) is 60.7 Å². The Morgan fingerprint density at radius 2 is 1.75 bits per heavy atom. The van der Waals surface area contributed by atoms with Gasteiger partial charge in [0.25, 0.3) is 5.91 Å². The van der Waals surface area contributed by atoms with Gasteiger partial charge in [0.2, 0.25) is 5.95 Å². The number of carbonyl (C=O) groups excluding carboxylic acids is 1. The Labute approximate surface area is 185 Å². The molecule has 6 N–H and O–H groups in total. The molecule has 32 heavy (non-hydrogen) atoms. The lowest BCUT2D eigenvalue weighted by Gasteiger charge is -2.14. The number of fused-ring (bicyclic) bond motifs is 1. The molecule has 0 aliphatic heterocycles. The van der Waals surface area contributed by atoms with Gasteiger partial charge in [0.1, 0.15) is 5.75 Å². The van der Waals surface area contributed by atoms with E-state index in [0.717, 1.165) is 22.7 Å². The van der Waals surface area contributed by atoms with Crippen LogP contribution in [0.4, 0.5) is 11.6 Å². The molecule has 2 aromatic heterocycles. The first kappa shape index (κ1) is 21.3. The highest BCUT2D eigenvalue weighted by Gasteiger charge is 2.12. The predicted octanol–water partition coefficient (Wildman–Crippen LogP) is 2.16. The van der Waals surface area contributed by atoms with E-state index in [-0.39, 0.29) is 11.9 Å². The van der Waals surface area contributed by atoms with Crippen LogP contribution in [0.2, 0.25) is 0 Å².